The summed E-state index contributed by atoms with van der Waals surface area (Å²) in [6, 6.07) is 0.208. The summed E-state index contributed by atoms with van der Waals surface area (Å²) in [7, 11) is 0. The van der Waals surface area contributed by atoms with Gasteiger partial charge in [-0.1, -0.05) is 15.9 Å². The zero-order chi connectivity index (χ0) is 5.28. The second-order valence-corrected chi connectivity index (χ2v) is 2.89. The third-order valence-corrected chi connectivity index (χ3v) is 2.00. The van der Waals surface area contributed by atoms with Crippen molar-refractivity contribution in [3.8, 4) is 0 Å². The molecule has 2 unspecified atom stereocenters. The number of hydrogen-bond donors (Lipinski definition) is 1. The highest BCUT2D eigenvalue weighted by Gasteiger charge is 2.20. The molecular weight excluding hydrogens is 158 g/mol. The molecule has 42 valence electrons. The number of hydrogen-bond acceptors (Lipinski definition) is 2. The van der Waals surface area contributed by atoms with Crippen LogP contribution in [0.4, 0.5) is 0 Å². The lowest BCUT2D eigenvalue weighted by atomic mass is 10.3. The Morgan fingerprint density at radius 3 is 2.43 bits per heavy atom. The molecule has 0 aromatic heterocycles. The summed E-state index contributed by atoms with van der Waals surface area (Å²) in [5.41, 5.74) is 5.51. The van der Waals surface area contributed by atoms with Crippen LogP contribution in [0.1, 0.15) is 0 Å². The van der Waals surface area contributed by atoms with Crippen molar-refractivity contribution >= 4 is 15.9 Å². The first-order valence-corrected chi connectivity index (χ1v) is 3.19. The summed E-state index contributed by atoms with van der Waals surface area (Å²) in [5.74, 6) is 0. The lowest BCUT2D eigenvalue weighted by Crippen LogP contribution is -2.28. The fraction of sp³-hybridized carbons (Fsp3) is 1.00. The fourth-order valence-corrected chi connectivity index (χ4v) is 0.884. The number of rotatable bonds is 0. The average Bonchev–Trinajstić information content (AvgIpc) is 1.91. The third kappa shape index (κ3) is 1.15. The van der Waals surface area contributed by atoms with E-state index in [4.69, 9.17) is 10.5 Å². The van der Waals surface area contributed by atoms with Crippen molar-refractivity contribution in [2.24, 2.45) is 5.73 Å². The summed E-state index contributed by atoms with van der Waals surface area (Å²) < 4.78 is 5.00. The van der Waals surface area contributed by atoms with E-state index in [9.17, 15) is 0 Å². The summed E-state index contributed by atoms with van der Waals surface area (Å²) >= 11 is 3.35. The van der Waals surface area contributed by atoms with Crippen LogP contribution in [-0.4, -0.2) is 24.1 Å². The molecule has 0 saturated carbocycles. The molecule has 1 heterocycles. The van der Waals surface area contributed by atoms with Crippen LogP contribution in [0.5, 0.6) is 0 Å². The predicted octanol–water partition coefficient (Wildman–Crippen LogP) is 0.107. The standard InChI is InChI=1S/C4H8BrNO/c5-3-1-7-2-4(3)6/h3-4H,1-2,6H2. The number of halogens is 1. The van der Waals surface area contributed by atoms with Crippen LogP contribution in [0.3, 0.4) is 0 Å². The quantitative estimate of drug-likeness (QED) is 0.518. The fourth-order valence-electron chi connectivity index (χ4n) is 0.545. The molecule has 1 rings (SSSR count). The van der Waals surface area contributed by atoms with Gasteiger partial charge >= 0.3 is 0 Å². The molecule has 1 fully saturated rings. The van der Waals surface area contributed by atoms with Gasteiger partial charge < -0.3 is 10.5 Å². The van der Waals surface area contributed by atoms with E-state index in [0.717, 1.165) is 6.61 Å². The van der Waals surface area contributed by atoms with Gasteiger partial charge in [-0.05, 0) is 0 Å². The Bertz CT molecular complexity index is 60.7. The Morgan fingerprint density at radius 1 is 1.57 bits per heavy atom. The smallest absolute Gasteiger partial charge is 0.0629 e. The molecule has 0 aromatic rings. The normalized spacial score (nSPS) is 42.0. The Balaban J connectivity index is 2.33. The Labute approximate surface area is 51.1 Å². The van der Waals surface area contributed by atoms with Crippen molar-refractivity contribution in [2.45, 2.75) is 10.9 Å². The van der Waals surface area contributed by atoms with Crippen LogP contribution in [0.2, 0.25) is 0 Å². The highest BCUT2D eigenvalue weighted by atomic mass is 79.9. The van der Waals surface area contributed by atoms with Gasteiger partial charge in [-0.25, -0.2) is 0 Å². The molecule has 0 spiro atoms. The summed E-state index contributed by atoms with van der Waals surface area (Å²) in [5, 5.41) is 0. The molecule has 7 heavy (non-hydrogen) atoms. The monoisotopic (exact) mass is 165 g/mol. The topological polar surface area (TPSA) is 35.2 Å². The molecule has 2 atom stereocenters. The first-order chi connectivity index (χ1) is 3.30. The molecule has 0 amide bonds. The molecule has 0 aromatic carbocycles. The maximum Gasteiger partial charge on any atom is 0.0629 e. The maximum absolute atomic E-state index is 5.51. The van der Waals surface area contributed by atoms with Gasteiger partial charge in [0.1, 0.15) is 0 Å². The van der Waals surface area contributed by atoms with E-state index < -0.39 is 0 Å². The first-order valence-electron chi connectivity index (χ1n) is 2.28. The van der Waals surface area contributed by atoms with Crippen LogP contribution in [0.25, 0.3) is 0 Å². The van der Waals surface area contributed by atoms with Crippen molar-refractivity contribution in [3.05, 3.63) is 0 Å². The van der Waals surface area contributed by atoms with Gasteiger partial charge in [-0.3, -0.25) is 0 Å². The van der Waals surface area contributed by atoms with E-state index in [-0.39, 0.29) is 6.04 Å². The zero-order valence-corrected chi connectivity index (χ0v) is 5.52. The van der Waals surface area contributed by atoms with E-state index >= 15 is 0 Å². The van der Waals surface area contributed by atoms with Crippen LogP contribution in [0, 0.1) is 0 Å². The molecule has 0 bridgehead atoms. The van der Waals surface area contributed by atoms with E-state index in [1.54, 1.807) is 0 Å². The van der Waals surface area contributed by atoms with Crippen LogP contribution < -0.4 is 5.73 Å². The minimum absolute atomic E-state index is 0.208. The van der Waals surface area contributed by atoms with Gasteiger partial charge in [0, 0.05) is 6.04 Å². The van der Waals surface area contributed by atoms with Crippen LogP contribution in [0.15, 0.2) is 0 Å². The predicted molar refractivity (Wildman–Crippen MR) is 31.5 cm³/mol. The summed E-state index contributed by atoms with van der Waals surface area (Å²) in [4.78, 5) is 0.382. The minimum atomic E-state index is 0.208. The van der Waals surface area contributed by atoms with E-state index in [0.29, 0.717) is 11.4 Å². The van der Waals surface area contributed by atoms with Crippen molar-refractivity contribution in [3.63, 3.8) is 0 Å². The van der Waals surface area contributed by atoms with Crippen LogP contribution >= 0.6 is 15.9 Å². The van der Waals surface area contributed by atoms with Gasteiger partial charge in [0.15, 0.2) is 0 Å². The van der Waals surface area contributed by atoms with Gasteiger partial charge in [0.05, 0.1) is 18.0 Å². The zero-order valence-electron chi connectivity index (χ0n) is 3.93. The Kier molecular flexibility index (Phi) is 1.67. The van der Waals surface area contributed by atoms with E-state index in [1.165, 1.54) is 0 Å². The molecule has 2 nitrogen and oxygen atoms in total. The van der Waals surface area contributed by atoms with Crippen LogP contribution in [-0.2, 0) is 4.74 Å². The lowest BCUT2D eigenvalue weighted by Gasteiger charge is -2.00. The number of alkyl halides is 1. The van der Waals surface area contributed by atoms with E-state index in [1.807, 2.05) is 0 Å². The number of nitrogens with two attached hydrogens (primary N) is 1. The first kappa shape index (κ1) is 5.54. The molecular formula is C4H8BrNO. The minimum Gasteiger partial charge on any atom is -0.379 e. The van der Waals surface area contributed by atoms with Gasteiger partial charge in [-0.2, -0.15) is 0 Å². The largest absolute Gasteiger partial charge is 0.379 e. The second kappa shape index (κ2) is 2.11. The average molecular weight is 166 g/mol. The SMILES string of the molecule is NC1COCC1Br. The lowest BCUT2D eigenvalue weighted by molar-refractivity contribution is 0.195. The van der Waals surface area contributed by atoms with Gasteiger partial charge in [0.25, 0.3) is 0 Å². The van der Waals surface area contributed by atoms with Gasteiger partial charge in [-0.15, -0.1) is 0 Å². The number of ether oxygens (including phenoxy) is 1. The van der Waals surface area contributed by atoms with Crippen molar-refractivity contribution in [1.82, 2.24) is 0 Å². The van der Waals surface area contributed by atoms with Crippen molar-refractivity contribution in [1.29, 1.82) is 0 Å². The maximum atomic E-state index is 5.51. The Hall–Kier alpha value is 0.400. The van der Waals surface area contributed by atoms with Gasteiger partial charge in [0.2, 0.25) is 0 Å². The molecule has 0 radical (unpaired) electrons. The highest BCUT2D eigenvalue weighted by molar-refractivity contribution is 9.09. The molecule has 1 saturated heterocycles. The summed E-state index contributed by atoms with van der Waals surface area (Å²) in [6.45, 7) is 1.47. The second-order valence-electron chi connectivity index (χ2n) is 1.72. The van der Waals surface area contributed by atoms with E-state index in [2.05, 4.69) is 15.9 Å². The summed E-state index contributed by atoms with van der Waals surface area (Å²) in [6.07, 6.45) is 0. The molecule has 3 heteroatoms. The molecule has 0 aliphatic carbocycles. The highest BCUT2D eigenvalue weighted by Crippen LogP contribution is 2.10. The molecule has 1 aliphatic rings. The third-order valence-electron chi connectivity index (χ3n) is 1.05. The van der Waals surface area contributed by atoms with Crippen molar-refractivity contribution < 1.29 is 4.74 Å². The Morgan fingerprint density at radius 2 is 2.29 bits per heavy atom. The molecule has 1 aliphatic heterocycles. The van der Waals surface area contributed by atoms with Crippen molar-refractivity contribution in [2.75, 3.05) is 13.2 Å². The molecule has 2 N–H and O–H groups in total.